The van der Waals surface area contributed by atoms with Gasteiger partial charge in [-0.2, -0.15) is 0 Å². The molecule has 0 aliphatic carbocycles. The molecule has 0 spiro atoms. The lowest BCUT2D eigenvalue weighted by molar-refractivity contribution is -0.140. The maximum atomic E-state index is 12.6. The number of nitrogens with zero attached hydrogens (tertiary/aromatic N) is 1. The van der Waals surface area contributed by atoms with Crippen LogP contribution in [0.2, 0.25) is 0 Å². The molecule has 0 amide bonds. The van der Waals surface area contributed by atoms with E-state index in [1.54, 1.807) is 6.08 Å². The zero-order valence-electron chi connectivity index (χ0n) is 16.1. The molecule has 0 bridgehead atoms. The standard InChI is InChI=1S/C23H19NO5/c1-14-17-8-4-5-9-18(17)24-19(21(14)23(26)27-2)13-29-22(25)16-11-15-7-3-6-10-20(15)28-12-16/h3-11H,12-13H2,1-2H3. The molecule has 0 radical (unpaired) electrons. The minimum atomic E-state index is -0.513. The van der Waals surface area contributed by atoms with Crippen molar-refractivity contribution >= 4 is 28.9 Å². The number of pyridine rings is 1. The lowest BCUT2D eigenvalue weighted by Gasteiger charge is -2.17. The minimum Gasteiger partial charge on any atom is -0.488 e. The molecule has 0 saturated heterocycles. The number of methoxy groups -OCH3 is 1. The Balaban J connectivity index is 1.62. The predicted octanol–water partition coefficient (Wildman–Crippen LogP) is 3.85. The lowest BCUT2D eigenvalue weighted by atomic mass is 10.0. The van der Waals surface area contributed by atoms with Crippen LogP contribution in [0.15, 0.2) is 54.1 Å². The van der Waals surface area contributed by atoms with E-state index in [0.717, 1.165) is 27.8 Å². The number of benzene rings is 2. The Labute approximate surface area is 167 Å². The van der Waals surface area contributed by atoms with E-state index in [9.17, 15) is 9.59 Å². The van der Waals surface area contributed by atoms with E-state index in [4.69, 9.17) is 14.2 Å². The van der Waals surface area contributed by atoms with Gasteiger partial charge in [0.2, 0.25) is 0 Å². The first kappa shape index (κ1) is 18.7. The van der Waals surface area contributed by atoms with Gasteiger partial charge in [0.1, 0.15) is 19.0 Å². The predicted molar refractivity (Wildman–Crippen MR) is 108 cm³/mol. The topological polar surface area (TPSA) is 74.7 Å². The van der Waals surface area contributed by atoms with Gasteiger partial charge in [-0.3, -0.25) is 0 Å². The second-order valence-electron chi connectivity index (χ2n) is 6.64. The Bertz CT molecular complexity index is 1150. The van der Waals surface area contributed by atoms with Crippen molar-refractivity contribution in [2.45, 2.75) is 13.5 Å². The van der Waals surface area contributed by atoms with Crippen molar-refractivity contribution in [1.82, 2.24) is 4.98 Å². The summed E-state index contributed by atoms with van der Waals surface area (Å²) in [5, 5.41) is 0.850. The summed E-state index contributed by atoms with van der Waals surface area (Å²) in [5.74, 6) is -0.298. The van der Waals surface area contributed by atoms with Crippen molar-refractivity contribution in [2.75, 3.05) is 13.7 Å². The maximum Gasteiger partial charge on any atom is 0.340 e. The summed E-state index contributed by atoms with van der Waals surface area (Å²) in [6.07, 6.45) is 1.75. The highest BCUT2D eigenvalue weighted by Crippen LogP contribution is 2.27. The summed E-state index contributed by atoms with van der Waals surface area (Å²) in [4.78, 5) is 29.4. The molecule has 29 heavy (non-hydrogen) atoms. The molecule has 0 fully saturated rings. The SMILES string of the molecule is COC(=O)c1c(COC(=O)C2=Cc3ccccc3OC2)nc2ccccc2c1C. The molecule has 0 unspecified atom stereocenters. The molecular weight excluding hydrogens is 370 g/mol. The Morgan fingerprint density at radius 1 is 1.07 bits per heavy atom. The van der Waals surface area contributed by atoms with Crippen LogP contribution in [-0.2, 0) is 20.9 Å². The Morgan fingerprint density at radius 2 is 1.83 bits per heavy atom. The summed E-state index contributed by atoms with van der Waals surface area (Å²) in [7, 11) is 1.31. The number of ether oxygens (including phenoxy) is 3. The van der Waals surface area contributed by atoms with E-state index >= 15 is 0 Å². The molecule has 1 aliphatic heterocycles. The van der Waals surface area contributed by atoms with Crippen molar-refractivity contribution < 1.29 is 23.8 Å². The van der Waals surface area contributed by atoms with Crippen molar-refractivity contribution in [1.29, 1.82) is 0 Å². The van der Waals surface area contributed by atoms with Crippen LogP contribution in [0, 0.1) is 6.92 Å². The molecule has 2 aromatic carbocycles. The van der Waals surface area contributed by atoms with E-state index in [2.05, 4.69) is 4.98 Å². The molecule has 6 heteroatoms. The van der Waals surface area contributed by atoms with Crippen LogP contribution in [0.3, 0.4) is 0 Å². The normalized spacial score (nSPS) is 12.6. The molecule has 1 aliphatic rings. The van der Waals surface area contributed by atoms with Crippen molar-refractivity contribution in [3.05, 3.63) is 76.5 Å². The lowest BCUT2D eigenvalue weighted by Crippen LogP contribution is -2.19. The fourth-order valence-electron chi connectivity index (χ4n) is 3.38. The average Bonchev–Trinajstić information content (AvgIpc) is 2.76. The number of carbonyl (C=O) groups excluding carboxylic acids is 2. The molecule has 6 nitrogen and oxygen atoms in total. The van der Waals surface area contributed by atoms with Gasteiger partial charge in [-0.15, -0.1) is 0 Å². The van der Waals surface area contributed by atoms with E-state index in [1.807, 2.05) is 55.5 Å². The molecule has 4 rings (SSSR count). The first-order valence-corrected chi connectivity index (χ1v) is 9.14. The number of aromatic nitrogens is 1. The van der Waals surface area contributed by atoms with Crippen LogP contribution in [0.1, 0.15) is 27.2 Å². The third-order valence-electron chi connectivity index (χ3n) is 4.85. The average molecular weight is 389 g/mol. The highest BCUT2D eigenvalue weighted by molar-refractivity contribution is 5.98. The molecule has 0 atom stereocenters. The summed E-state index contributed by atoms with van der Waals surface area (Å²) in [6.45, 7) is 1.81. The van der Waals surface area contributed by atoms with E-state index in [1.165, 1.54) is 7.11 Å². The van der Waals surface area contributed by atoms with Gasteiger partial charge >= 0.3 is 11.9 Å². The highest BCUT2D eigenvalue weighted by Gasteiger charge is 2.22. The molecule has 146 valence electrons. The first-order chi connectivity index (χ1) is 14.1. The number of para-hydroxylation sites is 2. The number of aryl methyl sites for hydroxylation is 1. The van der Waals surface area contributed by atoms with Crippen LogP contribution in [-0.4, -0.2) is 30.6 Å². The van der Waals surface area contributed by atoms with Crippen LogP contribution in [0.5, 0.6) is 5.75 Å². The van der Waals surface area contributed by atoms with E-state index < -0.39 is 11.9 Å². The number of esters is 2. The van der Waals surface area contributed by atoms with Crippen molar-refractivity contribution in [3.63, 3.8) is 0 Å². The molecule has 2 heterocycles. The number of rotatable bonds is 4. The number of hydrogen-bond acceptors (Lipinski definition) is 6. The zero-order valence-corrected chi connectivity index (χ0v) is 16.1. The van der Waals surface area contributed by atoms with Gasteiger partial charge in [-0.25, -0.2) is 14.6 Å². The Kier molecular flexibility index (Phi) is 4.99. The van der Waals surface area contributed by atoms with Crippen LogP contribution >= 0.6 is 0 Å². The van der Waals surface area contributed by atoms with Gasteiger partial charge < -0.3 is 14.2 Å². The first-order valence-electron chi connectivity index (χ1n) is 9.14. The van der Waals surface area contributed by atoms with Gasteiger partial charge in [0.15, 0.2) is 0 Å². The van der Waals surface area contributed by atoms with Gasteiger partial charge in [0, 0.05) is 10.9 Å². The number of fused-ring (bicyclic) bond motifs is 2. The summed E-state index contributed by atoms with van der Waals surface area (Å²) >= 11 is 0. The smallest absolute Gasteiger partial charge is 0.340 e. The number of carbonyl (C=O) groups is 2. The van der Waals surface area contributed by atoms with Crippen LogP contribution in [0.4, 0.5) is 0 Å². The van der Waals surface area contributed by atoms with Crippen molar-refractivity contribution in [3.8, 4) is 5.75 Å². The zero-order chi connectivity index (χ0) is 20.4. The quantitative estimate of drug-likeness (QED) is 0.631. The van der Waals surface area contributed by atoms with Gasteiger partial charge in [0.25, 0.3) is 0 Å². The fraction of sp³-hybridized carbons (Fsp3) is 0.174. The Morgan fingerprint density at radius 3 is 2.66 bits per heavy atom. The van der Waals surface area contributed by atoms with Gasteiger partial charge in [-0.1, -0.05) is 36.4 Å². The van der Waals surface area contributed by atoms with Gasteiger partial charge in [-0.05, 0) is 30.7 Å². The third kappa shape index (κ3) is 3.57. The highest BCUT2D eigenvalue weighted by atomic mass is 16.5. The Hall–Kier alpha value is -3.67. The largest absolute Gasteiger partial charge is 0.488 e. The van der Waals surface area contributed by atoms with Gasteiger partial charge in [0.05, 0.1) is 29.5 Å². The monoisotopic (exact) mass is 389 g/mol. The molecule has 1 aromatic heterocycles. The number of hydrogen-bond donors (Lipinski definition) is 0. The van der Waals surface area contributed by atoms with E-state index in [-0.39, 0.29) is 13.2 Å². The molecular formula is C23H19NO5. The fourth-order valence-corrected chi connectivity index (χ4v) is 3.38. The maximum absolute atomic E-state index is 12.6. The van der Waals surface area contributed by atoms with Crippen LogP contribution < -0.4 is 4.74 Å². The second-order valence-corrected chi connectivity index (χ2v) is 6.64. The molecule has 3 aromatic rings. The molecule has 0 N–H and O–H groups in total. The molecule has 0 saturated carbocycles. The minimum absolute atomic E-state index is 0.129. The third-order valence-corrected chi connectivity index (χ3v) is 4.85. The van der Waals surface area contributed by atoms with E-state index in [0.29, 0.717) is 16.8 Å². The van der Waals surface area contributed by atoms with Crippen LogP contribution in [0.25, 0.3) is 17.0 Å². The second kappa shape index (κ2) is 7.75. The summed E-state index contributed by atoms with van der Waals surface area (Å²) < 4.78 is 16.0. The summed E-state index contributed by atoms with van der Waals surface area (Å²) in [5.41, 5.74) is 3.36. The van der Waals surface area contributed by atoms with Crippen molar-refractivity contribution in [2.24, 2.45) is 0 Å². The summed E-state index contributed by atoms with van der Waals surface area (Å²) in [6, 6.07) is 14.9.